The van der Waals surface area contributed by atoms with Gasteiger partial charge in [0.1, 0.15) is 15.6 Å². The van der Waals surface area contributed by atoms with Crippen molar-refractivity contribution in [2.75, 3.05) is 19.0 Å². The summed E-state index contributed by atoms with van der Waals surface area (Å²) in [6.07, 6.45) is 0.630. The van der Waals surface area contributed by atoms with Crippen LogP contribution in [0.2, 0.25) is 10.0 Å². The Bertz CT molecular complexity index is 1190. The first-order valence-corrected chi connectivity index (χ1v) is 11.0. The molecule has 1 aromatic carbocycles. The van der Waals surface area contributed by atoms with Crippen LogP contribution in [0.1, 0.15) is 49.4 Å². The van der Waals surface area contributed by atoms with Crippen molar-refractivity contribution < 1.29 is 23.9 Å². The molecular formula is C21H19Cl2N3O5S. The number of halogens is 2. The van der Waals surface area contributed by atoms with E-state index in [4.69, 9.17) is 32.7 Å². The highest BCUT2D eigenvalue weighted by molar-refractivity contribution is 7.18. The SMILES string of the molecule is CCCOC(=O)c1c(NC(=O)c2cc(-c3ccc(Cl)cc3Cl)n[nH]2)sc(C(=O)OC)c1C. The number of rotatable bonds is 7. The predicted molar refractivity (Wildman–Crippen MR) is 123 cm³/mol. The summed E-state index contributed by atoms with van der Waals surface area (Å²) in [5, 5.41) is 10.5. The fourth-order valence-corrected chi connectivity index (χ4v) is 4.46. The molecule has 0 spiro atoms. The van der Waals surface area contributed by atoms with Crippen LogP contribution in [0, 0.1) is 6.92 Å². The third-order valence-corrected chi connectivity index (χ3v) is 6.15. The van der Waals surface area contributed by atoms with E-state index in [1.165, 1.54) is 13.2 Å². The molecule has 0 unspecified atom stereocenters. The van der Waals surface area contributed by atoms with Crippen LogP contribution >= 0.6 is 34.5 Å². The van der Waals surface area contributed by atoms with Crippen LogP contribution in [0.4, 0.5) is 5.00 Å². The van der Waals surface area contributed by atoms with E-state index in [1.54, 1.807) is 25.1 Å². The number of amides is 1. The van der Waals surface area contributed by atoms with Gasteiger partial charge in [-0.2, -0.15) is 5.10 Å². The average molecular weight is 496 g/mol. The van der Waals surface area contributed by atoms with Crippen molar-refractivity contribution in [2.45, 2.75) is 20.3 Å². The molecule has 8 nitrogen and oxygen atoms in total. The Hall–Kier alpha value is -2.88. The van der Waals surface area contributed by atoms with Crippen LogP contribution in [0.3, 0.4) is 0 Å². The van der Waals surface area contributed by atoms with Gasteiger partial charge in [-0.25, -0.2) is 9.59 Å². The Labute approximate surface area is 197 Å². The van der Waals surface area contributed by atoms with Gasteiger partial charge in [0.2, 0.25) is 0 Å². The summed E-state index contributed by atoms with van der Waals surface area (Å²) in [4.78, 5) is 37.7. The van der Waals surface area contributed by atoms with Gasteiger partial charge >= 0.3 is 11.9 Å². The number of aromatic nitrogens is 2. The molecule has 3 aromatic rings. The largest absolute Gasteiger partial charge is 0.465 e. The number of carbonyl (C=O) groups is 3. The first-order chi connectivity index (χ1) is 15.3. The molecule has 1 amide bonds. The number of thiophene rings is 1. The van der Waals surface area contributed by atoms with Gasteiger partial charge in [-0.15, -0.1) is 11.3 Å². The molecule has 32 heavy (non-hydrogen) atoms. The fourth-order valence-electron chi connectivity index (χ4n) is 2.85. The van der Waals surface area contributed by atoms with E-state index < -0.39 is 17.8 Å². The van der Waals surface area contributed by atoms with Gasteiger partial charge < -0.3 is 14.8 Å². The molecule has 0 fully saturated rings. The number of esters is 2. The van der Waals surface area contributed by atoms with Crippen LogP contribution in [0.15, 0.2) is 24.3 Å². The molecule has 2 heterocycles. The zero-order valence-electron chi connectivity index (χ0n) is 17.4. The summed E-state index contributed by atoms with van der Waals surface area (Å²) < 4.78 is 9.99. The molecule has 0 atom stereocenters. The van der Waals surface area contributed by atoms with E-state index in [-0.39, 0.29) is 27.7 Å². The lowest BCUT2D eigenvalue weighted by Crippen LogP contribution is -2.15. The summed E-state index contributed by atoms with van der Waals surface area (Å²) in [6.45, 7) is 3.66. The van der Waals surface area contributed by atoms with Crippen molar-refractivity contribution in [1.29, 1.82) is 0 Å². The maximum absolute atomic E-state index is 12.8. The van der Waals surface area contributed by atoms with E-state index in [9.17, 15) is 14.4 Å². The minimum Gasteiger partial charge on any atom is -0.465 e. The molecule has 0 radical (unpaired) electrons. The Morgan fingerprint density at radius 3 is 2.59 bits per heavy atom. The van der Waals surface area contributed by atoms with Crippen molar-refractivity contribution in [1.82, 2.24) is 10.2 Å². The number of benzene rings is 1. The molecule has 0 aliphatic heterocycles. The summed E-state index contributed by atoms with van der Waals surface area (Å²) in [5.74, 6) is -1.81. The van der Waals surface area contributed by atoms with E-state index in [2.05, 4.69) is 15.5 Å². The number of ether oxygens (including phenoxy) is 2. The van der Waals surface area contributed by atoms with Gasteiger partial charge in [0.15, 0.2) is 0 Å². The van der Waals surface area contributed by atoms with Gasteiger partial charge in [-0.1, -0.05) is 30.1 Å². The molecule has 2 aromatic heterocycles. The third kappa shape index (κ3) is 4.95. The highest BCUT2D eigenvalue weighted by Crippen LogP contribution is 2.35. The number of nitrogens with one attached hydrogen (secondary N) is 2. The van der Waals surface area contributed by atoms with Gasteiger partial charge in [0, 0.05) is 10.6 Å². The van der Waals surface area contributed by atoms with Crippen molar-refractivity contribution in [3.05, 3.63) is 56.0 Å². The van der Waals surface area contributed by atoms with Crippen LogP contribution in [0.5, 0.6) is 0 Å². The van der Waals surface area contributed by atoms with Crippen LogP contribution < -0.4 is 5.32 Å². The van der Waals surface area contributed by atoms with Gasteiger partial charge in [-0.05, 0) is 43.2 Å². The van der Waals surface area contributed by atoms with E-state index in [0.29, 0.717) is 33.3 Å². The highest BCUT2D eigenvalue weighted by Gasteiger charge is 2.27. The van der Waals surface area contributed by atoms with Crippen molar-refractivity contribution in [3.63, 3.8) is 0 Å². The number of methoxy groups -OCH3 is 1. The van der Waals surface area contributed by atoms with E-state index >= 15 is 0 Å². The number of anilines is 1. The molecule has 0 aliphatic rings. The molecule has 11 heteroatoms. The van der Waals surface area contributed by atoms with E-state index in [0.717, 1.165) is 11.3 Å². The normalized spacial score (nSPS) is 10.7. The van der Waals surface area contributed by atoms with Gasteiger partial charge in [0.25, 0.3) is 5.91 Å². The Morgan fingerprint density at radius 2 is 1.94 bits per heavy atom. The Balaban J connectivity index is 1.91. The van der Waals surface area contributed by atoms with Crippen molar-refractivity contribution in [2.24, 2.45) is 0 Å². The summed E-state index contributed by atoms with van der Waals surface area (Å²) >= 11 is 13.1. The summed E-state index contributed by atoms with van der Waals surface area (Å²) in [5.41, 5.74) is 1.64. The summed E-state index contributed by atoms with van der Waals surface area (Å²) in [7, 11) is 1.24. The molecule has 0 aliphatic carbocycles. The van der Waals surface area contributed by atoms with Crippen LogP contribution in [-0.4, -0.2) is 41.8 Å². The topological polar surface area (TPSA) is 110 Å². The average Bonchev–Trinajstić information content (AvgIpc) is 3.36. The molecule has 0 bridgehead atoms. The number of nitrogens with zero attached hydrogens (tertiary/aromatic N) is 1. The second kappa shape index (κ2) is 10.2. The lowest BCUT2D eigenvalue weighted by atomic mass is 10.1. The maximum atomic E-state index is 12.8. The lowest BCUT2D eigenvalue weighted by molar-refractivity contribution is 0.0506. The van der Waals surface area contributed by atoms with Crippen molar-refractivity contribution in [3.8, 4) is 11.3 Å². The first-order valence-electron chi connectivity index (χ1n) is 9.47. The zero-order valence-corrected chi connectivity index (χ0v) is 19.7. The van der Waals surface area contributed by atoms with Crippen LogP contribution in [0.25, 0.3) is 11.3 Å². The summed E-state index contributed by atoms with van der Waals surface area (Å²) in [6, 6.07) is 6.44. The molecule has 168 valence electrons. The second-order valence-electron chi connectivity index (χ2n) is 6.63. The number of hydrogen-bond donors (Lipinski definition) is 2. The standard InChI is InChI=1S/C21H19Cl2N3O5S/c1-4-7-31-20(28)16-10(2)17(21(29)30-3)32-19(16)24-18(27)15-9-14(25-26-15)12-6-5-11(22)8-13(12)23/h5-6,8-9H,4,7H2,1-3H3,(H,24,27)(H,25,26). The number of aromatic amines is 1. The number of hydrogen-bond acceptors (Lipinski definition) is 7. The monoisotopic (exact) mass is 495 g/mol. The van der Waals surface area contributed by atoms with Crippen molar-refractivity contribution >= 4 is 57.4 Å². The van der Waals surface area contributed by atoms with Crippen LogP contribution in [-0.2, 0) is 9.47 Å². The number of carbonyl (C=O) groups excluding carboxylic acids is 3. The fraction of sp³-hybridized carbons (Fsp3) is 0.238. The van der Waals surface area contributed by atoms with E-state index in [1.807, 2.05) is 6.92 Å². The second-order valence-corrected chi connectivity index (χ2v) is 8.50. The Morgan fingerprint density at radius 1 is 1.19 bits per heavy atom. The maximum Gasteiger partial charge on any atom is 0.348 e. The minimum absolute atomic E-state index is 0.109. The molecule has 0 saturated heterocycles. The minimum atomic E-state index is -0.635. The van der Waals surface area contributed by atoms with Gasteiger partial charge in [0.05, 0.1) is 30.0 Å². The quantitative estimate of drug-likeness (QED) is 0.426. The molecule has 0 saturated carbocycles. The Kier molecular flexibility index (Phi) is 7.55. The molecule has 2 N–H and O–H groups in total. The number of H-pyrrole nitrogens is 1. The highest BCUT2D eigenvalue weighted by atomic mass is 35.5. The third-order valence-electron chi connectivity index (χ3n) is 4.42. The van der Waals surface area contributed by atoms with Gasteiger partial charge in [-0.3, -0.25) is 9.89 Å². The first kappa shape index (κ1) is 23.8. The predicted octanol–water partition coefficient (Wildman–Crippen LogP) is 5.36. The lowest BCUT2D eigenvalue weighted by Gasteiger charge is -2.07. The smallest absolute Gasteiger partial charge is 0.348 e. The zero-order chi connectivity index (χ0) is 23.4. The molecule has 3 rings (SSSR count). The molecular weight excluding hydrogens is 477 g/mol.